The van der Waals surface area contributed by atoms with Crippen LogP contribution in [0.3, 0.4) is 0 Å². The van der Waals surface area contributed by atoms with E-state index in [4.69, 9.17) is 4.74 Å². The van der Waals surface area contributed by atoms with E-state index in [1.807, 2.05) is 11.8 Å². The smallest absolute Gasteiger partial charge is 0.334 e. The molecule has 0 aromatic rings. The van der Waals surface area contributed by atoms with Crippen molar-refractivity contribution >= 4 is 17.7 Å². The second kappa shape index (κ2) is 6.09. The molecule has 80 valence electrons. The fourth-order valence-electron chi connectivity index (χ4n) is 1.27. The number of thioether (sulfide) groups is 1. The zero-order valence-electron chi connectivity index (χ0n) is 8.54. The van der Waals surface area contributed by atoms with Crippen LogP contribution in [0.2, 0.25) is 0 Å². The molecule has 0 aromatic carbocycles. The maximum atomic E-state index is 11.2. The molecule has 1 heterocycles. The minimum absolute atomic E-state index is 0.286. The number of hydrogen-bond donors (Lipinski definition) is 1. The Hall–Kier alpha value is -0.480. The highest BCUT2D eigenvalue weighted by atomic mass is 32.2. The van der Waals surface area contributed by atoms with E-state index in [1.54, 1.807) is 6.92 Å². The number of esters is 1. The van der Waals surface area contributed by atoms with Gasteiger partial charge in [-0.2, -0.15) is 11.8 Å². The zero-order valence-corrected chi connectivity index (χ0v) is 9.36. The Labute approximate surface area is 89.3 Å². The summed E-state index contributed by atoms with van der Waals surface area (Å²) < 4.78 is 4.84. The van der Waals surface area contributed by atoms with E-state index in [9.17, 15) is 4.79 Å². The van der Waals surface area contributed by atoms with Crippen LogP contribution < -0.4 is 5.32 Å². The first-order valence-electron chi connectivity index (χ1n) is 4.90. The molecular weight excluding hydrogens is 198 g/mol. The van der Waals surface area contributed by atoms with Crippen LogP contribution in [-0.2, 0) is 9.53 Å². The van der Waals surface area contributed by atoms with Crippen molar-refractivity contribution in [1.29, 1.82) is 0 Å². The van der Waals surface area contributed by atoms with Crippen LogP contribution in [0.15, 0.2) is 12.2 Å². The molecule has 1 aliphatic rings. The molecule has 0 saturated carbocycles. The van der Waals surface area contributed by atoms with Gasteiger partial charge in [0.2, 0.25) is 0 Å². The van der Waals surface area contributed by atoms with Crippen LogP contribution in [0.1, 0.15) is 13.3 Å². The molecule has 0 spiro atoms. The monoisotopic (exact) mass is 215 g/mol. The molecule has 0 radical (unpaired) electrons. The minimum Gasteiger partial charge on any atom is -0.463 e. The van der Waals surface area contributed by atoms with Crippen molar-refractivity contribution in [3.05, 3.63) is 12.2 Å². The van der Waals surface area contributed by atoms with Crippen molar-refractivity contribution in [3.63, 3.8) is 0 Å². The predicted octanol–water partition coefficient (Wildman–Crippen LogP) is 1.20. The summed E-state index contributed by atoms with van der Waals surface area (Å²) in [5.41, 5.74) is 0.517. The predicted molar refractivity (Wildman–Crippen MR) is 59.5 cm³/mol. The van der Waals surface area contributed by atoms with Gasteiger partial charge in [-0.3, -0.25) is 0 Å². The molecule has 1 aliphatic heterocycles. The second-order valence-corrected chi connectivity index (χ2v) is 4.42. The Bertz CT molecular complexity index is 212. The van der Waals surface area contributed by atoms with Crippen LogP contribution >= 0.6 is 11.8 Å². The van der Waals surface area contributed by atoms with Gasteiger partial charge in [0.05, 0.1) is 6.61 Å². The number of carbonyl (C=O) groups excluding carboxylic acids is 1. The van der Waals surface area contributed by atoms with Gasteiger partial charge < -0.3 is 10.1 Å². The normalized spacial score (nSPS) is 20.8. The van der Waals surface area contributed by atoms with Crippen LogP contribution in [0.5, 0.6) is 0 Å². The standard InChI is InChI=1S/C10H17NO2S/c1-3-13-10(12)8(2)6-11-9-4-5-14-7-9/h9,11H,2-7H2,1H3. The summed E-state index contributed by atoms with van der Waals surface area (Å²) in [6, 6.07) is 0.533. The lowest BCUT2D eigenvalue weighted by Gasteiger charge is -2.11. The maximum absolute atomic E-state index is 11.2. The molecule has 0 amide bonds. The summed E-state index contributed by atoms with van der Waals surface area (Å²) in [4.78, 5) is 11.2. The van der Waals surface area contributed by atoms with Gasteiger partial charge in [-0.25, -0.2) is 4.79 Å². The average Bonchev–Trinajstić information content (AvgIpc) is 2.67. The van der Waals surface area contributed by atoms with Crippen LogP contribution in [0, 0.1) is 0 Å². The van der Waals surface area contributed by atoms with E-state index in [0.717, 1.165) is 5.75 Å². The summed E-state index contributed by atoms with van der Waals surface area (Å²) in [5, 5.41) is 3.30. The third kappa shape index (κ3) is 3.72. The highest BCUT2D eigenvalue weighted by molar-refractivity contribution is 7.99. The zero-order chi connectivity index (χ0) is 10.4. The number of hydrogen-bond acceptors (Lipinski definition) is 4. The molecule has 0 aliphatic carbocycles. The molecule has 14 heavy (non-hydrogen) atoms. The summed E-state index contributed by atoms with van der Waals surface area (Å²) in [6.07, 6.45) is 1.18. The lowest BCUT2D eigenvalue weighted by atomic mass is 10.2. The lowest BCUT2D eigenvalue weighted by Crippen LogP contribution is -2.32. The van der Waals surface area contributed by atoms with E-state index in [0.29, 0.717) is 24.8 Å². The van der Waals surface area contributed by atoms with Gasteiger partial charge in [-0.1, -0.05) is 6.58 Å². The number of carbonyl (C=O) groups is 1. The molecule has 1 N–H and O–H groups in total. The van der Waals surface area contributed by atoms with Crippen molar-refractivity contribution < 1.29 is 9.53 Å². The Morgan fingerprint density at radius 3 is 3.07 bits per heavy atom. The largest absolute Gasteiger partial charge is 0.463 e. The van der Waals surface area contributed by atoms with Gasteiger partial charge in [0, 0.05) is 23.9 Å². The Kier molecular flexibility index (Phi) is 5.04. The van der Waals surface area contributed by atoms with E-state index in [-0.39, 0.29) is 5.97 Å². The molecule has 0 aromatic heterocycles. The number of ether oxygens (including phenoxy) is 1. The van der Waals surface area contributed by atoms with Crippen molar-refractivity contribution in [2.24, 2.45) is 0 Å². The topological polar surface area (TPSA) is 38.3 Å². The molecule has 1 unspecified atom stereocenters. The first kappa shape index (κ1) is 11.6. The lowest BCUT2D eigenvalue weighted by molar-refractivity contribution is -0.138. The van der Waals surface area contributed by atoms with Crippen molar-refractivity contribution in [2.45, 2.75) is 19.4 Å². The summed E-state index contributed by atoms with van der Waals surface area (Å²) in [5.74, 6) is 2.06. The minimum atomic E-state index is -0.286. The van der Waals surface area contributed by atoms with Gasteiger partial charge in [0.1, 0.15) is 0 Å². The highest BCUT2D eigenvalue weighted by Crippen LogP contribution is 2.16. The van der Waals surface area contributed by atoms with Crippen LogP contribution in [-0.4, -0.2) is 36.7 Å². The van der Waals surface area contributed by atoms with Crippen molar-refractivity contribution in [3.8, 4) is 0 Å². The molecule has 3 nitrogen and oxygen atoms in total. The highest BCUT2D eigenvalue weighted by Gasteiger charge is 2.16. The third-order valence-electron chi connectivity index (χ3n) is 2.10. The fraction of sp³-hybridized carbons (Fsp3) is 0.700. The Morgan fingerprint density at radius 2 is 2.50 bits per heavy atom. The van der Waals surface area contributed by atoms with Gasteiger partial charge in [0.25, 0.3) is 0 Å². The quantitative estimate of drug-likeness (QED) is 0.552. The van der Waals surface area contributed by atoms with Crippen molar-refractivity contribution in [2.75, 3.05) is 24.7 Å². The summed E-state index contributed by atoms with van der Waals surface area (Å²) >= 11 is 1.94. The maximum Gasteiger partial charge on any atom is 0.334 e. The molecule has 0 bridgehead atoms. The average molecular weight is 215 g/mol. The number of nitrogens with one attached hydrogen (secondary N) is 1. The molecule has 1 rings (SSSR count). The van der Waals surface area contributed by atoms with Gasteiger partial charge in [-0.05, 0) is 19.1 Å². The van der Waals surface area contributed by atoms with Gasteiger partial charge in [0.15, 0.2) is 0 Å². The second-order valence-electron chi connectivity index (χ2n) is 3.27. The molecule has 1 saturated heterocycles. The molecular formula is C10H17NO2S. The van der Waals surface area contributed by atoms with E-state index < -0.39 is 0 Å². The first-order valence-corrected chi connectivity index (χ1v) is 6.05. The van der Waals surface area contributed by atoms with E-state index in [2.05, 4.69) is 11.9 Å². The van der Waals surface area contributed by atoms with Crippen molar-refractivity contribution in [1.82, 2.24) is 5.32 Å². The molecule has 1 fully saturated rings. The SMILES string of the molecule is C=C(CNC1CCSC1)C(=O)OCC. The summed E-state index contributed by atoms with van der Waals surface area (Å²) in [7, 11) is 0. The fourth-order valence-corrected chi connectivity index (χ4v) is 2.46. The van der Waals surface area contributed by atoms with Crippen LogP contribution in [0.4, 0.5) is 0 Å². The van der Waals surface area contributed by atoms with Gasteiger partial charge >= 0.3 is 5.97 Å². The van der Waals surface area contributed by atoms with Gasteiger partial charge in [-0.15, -0.1) is 0 Å². The van der Waals surface area contributed by atoms with E-state index >= 15 is 0 Å². The Balaban J connectivity index is 2.16. The Morgan fingerprint density at radius 1 is 1.71 bits per heavy atom. The first-order chi connectivity index (χ1) is 6.74. The third-order valence-corrected chi connectivity index (χ3v) is 3.26. The number of rotatable bonds is 5. The molecule has 1 atom stereocenters. The van der Waals surface area contributed by atoms with Crippen LogP contribution in [0.25, 0.3) is 0 Å². The van der Waals surface area contributed by atoms with E-state index in [1.165, 1.54) is 12.2 Å². The summed E-state index contributed by atoms with van der Waals surface area (Å²) in [6.45, 7) is 6.45. The molecule has 4 heteroatoms.